The molecule has 3 aromatic rings. The number of nitro groups is 1. The van der Waals surface area contributed by atoms with Crippen LogP contribution in [0.15, 0.2) is 23.0 Å². The minimum absolute atomic E-state index is 0.0393. The zero-order valence-electron chi connectivity index (χ0n) is 14.2. The number of aromatic nitrogens is 2. The lowest BCUT2D eigenvalue weighted by atomic mass is 10.2. The summed E-state index contributed by atoms with van der Waals surface area (Å²) in [4.78, 5) is 31.8. The number of thiophene rings is 1. The van der Waals surface area contributed by atoms with E-state index in [4.69, 9.17) is 4.74 Å². The minimum atomic E-state index is -0.499. The lowest BCUT2D eigenvalue weighted by Gasteiger charge is -2.14. The average molecular weight is 359 g/mol. The van der Waals surface area contributed by atoms with E-state index in [-0.39, 0.29) is 11.2 Å². The van der Waals surface area contributed by atoms with E-state index in [1.165, 1.54) is 23.5 Å². The third kappa shape index (κ3) is 3.12. The zero-order valence-corrected chi connectivity index (χ0v) is 15.1. The molecule has 0 bridgehead atoms. The lowest BCUT2D eigenvalue weighted by molar-refractivity contribution is -0.385. The highest BCUT2D eigenvalue weighted by Gasteiger charge is 2.17. The maximum atomic E-state index is 12.3. The molecule has 7 nitrogen and oxygen atoms in total. The Morgan fingerprint density at radius 3 is 2.68 bits per heavy atom. The number of hydrogen-bond acceptors (Lipinski definition) is 6. The highest BCUT2D eigenvalue weighted by Crippen LogP contribution is 2.29. The van der Waals surface area contributed by atoms with Crippen LogP contribution in [0.1, 0.15) is 34.9 Å². The smallest absolute Gasteiger partial charge is 0.272 e. The lowest BCUT2D eigenvalue weighted by Crippen LogP contribution is -2.16. The molecule has 0 aliphatic heterocycles. The maximum Gasteiger partial charge on any atom is 0.272 e. The Hall–Kier alpha value is -2.74. The molecule has 130 valence electrons. The third-order valence-electron chi connectivity index (χ3n) is 4.12. The number of aryl methyl sites for hydroxylation is 3. The Bertz CT molecular complexity index is 1040. The molecule has 1 aromatic carbocycles. The van der Waals surface area contributed by atoms with E-state index in [9.17, 15) is 14.9 Å². The van der Waals surface area contributed by atoms with Crippen molar-refractivity contribution in [2.24, 2.45) is 0 Å². The molecule has 0 radical (unpaired) electrons. The summed E-state index contributed by atoms with van der Waals surface area (Å²) in [6.45, 7) is 7.29. The van der Waals surface area contributed by atoms with E-state index < -0.39 is 11.0 Å². The van der Waals surface area contributed by atoms with E-state index in [0.29, 0.717) is 27.4 Å². The van der Waals surface area contributed by atoms with Crippen LogP contribution in [0.2, 0.25) is 0 Å². The van der Waals surface area contributed by atoms with Crippen LogP contribution in [0.4, 0.5) is 5.69 Å². The summed E-state index contributed by atoms with van der Waals surface area (Å²) >= 11 is 1.48. The molecule has 1 N–H and O–H groups in total. The second-order valence-corrected chi connectivity index (χ2v) is 7.08. The molecule has 0 saturated heterocycles. The first-order valence-electron chi connectivity index (χ1n) is 7.69. The maximum absolute atomic E-state index is 12.3. The molecular formula is C17H17N3O4S. The van der Waals surface area contributed by atoms with Crippen LogP contribution in [0.3, 0.4) is 0 Å². The van der Waals surface area contributed by atoms with Gasteiger partial charge in [0.15, 0.2) is 11.9 Å². The van der Waals surface area contributed by atoms with Gasteiger partial charge in [0.1, 0.15) is 10.6 Å². The van der Waals surface area contributed by atoms with Gasteiger partial charge in [0.25, 0.3) is 11.2 Å². The number of H-pyrrole nitrogens is 1. The third-order valence-corrected chi connectivity index (χ3v) is 5.22. The van der Waals surface area contributed by atoms with E-state index >= 15 is 0 Å². The van der Waals surface area contributed by atoms with Crippen LogP contribution in [0.25, 0.3) is 10.2 Å². The molecule has 0 fully saturated rings. The van der Waals surface area contributed by atoms with E-state index in [1.807, 2.05) is 13.8 Å². The van der Waals surface area contributed by atoms with Gasteiger partial charge < -0.3 is 9.72 Å². The number of rotatable bonds is 4. The van der Waals surface area contributed by atoms with Crippen LogP contribution >= 0.6 is 11.3 Å². The standard InChI is InChI=1S/C17H17N3O4S/c1-8-7-12(5-6-13(8)20(22)23)24-10(3)15-18-16(21)14-9(2)11(4)25-17(14)19-15/h5-7,10H,1-4H3,(H,18,19,21)/t10-/m0/s1. The number of ether oxygens (including phenoxy) is 1. The SMILES string of the molecule is Cc1cc(O[C@@H](C)c2nc3sc(C)c(C)c3c(=O)[nH]2)ccc1[N+](=O)[O-]. The van der Waals surface area contributed by atoms with Crippen molar-refractivity contribution >= 4 is 27.2 Å². The summed E-state index contributed by atoms with van der Waals surface area (Å²) in [5, 5.41) is 11.5. The first-order chi connectivity index (χ1) is 11.8. The van der Waals surface area contributed by atoms with Crippen LogP contribution in [0, 0.1) is 30.9 Å². The van der Waals surface area contributed by atoms with Gasteiger partial charge in [-0.05, 0) is 45.4 Å². The summed E-state index contributed by atoms with van der Waals surface area (Å²) < 4.78 is 5.81. The van der Waals surface area contributed by atoms with Crippen LogP contribution in [-0.2, 0) is 0 Å². The van der Waals surface area contributed by atoms with E-state index in [2.05, 4.69) is 9.97 Å². The Labute approximate surface area is 147 Å². The van der Waals surface area contributed by atoms with Gasteiger partial charge in [-0.25, -0.2) is 4.98 Å². The molecule has 0 aliphatic rings. The van der Waals surface area contributed by atoms with Crippen molar-refractivity contribution in [3.05, 3.63) is 60.5 Å². The van der Waals surface area contributed by atoms with Gasteiger partial charge in [-0.1, -0.05) is 0 Å². The van der Waals surface area contributed by atoms with Crippen molar-refractivity contribution in [3.8, 4) is 5.75 Å². The zero-order chi connectivity index (χ0) is 18.3. The normalized spacial score (nSPS) is 12.3. The number of aromatic amines is 1. The highest BCUT2D eigenvalue weighted by atomic mass is 32.1. The number of nitrogens with one attached hydrogen (secondary N) is 1. The summed E-state index contributed by atoms with van der Waals surface area (Å²) in [5.74, 6) is 0.909. The Balaban J connectivity index is 1.92. The topological polar surface area (TPSA) is 98.1 Å². The van der Waals surface area contributed by atoms with Crippen molar-refractivity contribution in [1.29, 1.82) is 0 Å². The molecular weight excluding hydrogens is 342 g/mol. The molecule has 0 amide bonds. The molecule has 0 unspecified atom stereocenters. The first kappa shape index (κ1) is 17.1. The van der Waals surface area contributed by atoms with Gasteiger partial charge in [-0.15, -0.1) is 11.3 Å². The fourth-order valence-electron chi connectivity index (χ4n) is 2.63. The first-order valence-corrected chi connectivity index (χ1v) is 8.51. The molecule has 2 heterocycles. The quantitative estimate of drug-likeness (QED) is 0.561. The van der Waals surface area contributed by atoms with Crippen molar-refractivity contribution < 1.29 is 9.66 Å². The molecule has 0 aliphatic carbocycles. The summed E-state index contributed by atoms with van der Waals surface area (Å²) in [5.41, 5.74) is 1.31. The fraction of sp³-hybridized carbons (Fsp3) is 0.294. The predicted octanol–water partition coefficient (Wildman–Crippen LogP) is 3.96. The predicted molar refractivity (Wildman–Crippen MR) is 96.6 cm³/mol. The average Bonchev–Trinajstić information content (AvgIpc) is 2.82. The molecule has 1 atom stereocenters. The van der Waals surface area contributed by atoms with Crippen LogP contribution in [0.5, 0.6) is 5.75 Å². The Morgan fingerprint density at radius 1 is 1.32 bits per heavy atom. The van der Waals surface area contributed by atoms with Gasteiger partial charge in [-0.2, -0.15) is 0 Å². The van der Waals surface area contributed by atoms with Crippen molar-refractivity contribution in [3.63, 3.8) is 0 Å². The molecule has 2 aromatic heterocycles. The highest BCUT2D eigenvalue weighted by molar-refractivity contribution is 7.18. The van der Waals surface area contributed by atoms with E-state index in [1.54, 1.807) is 19.9 Å². The van der Waals surface area contributed by atoms with Crippen molar-refractivity contribution in [2.75, 3.05) is 0 Å². The monoisotopic (exact) mass is 359 g/mol. The van der Waals surface area contributed by atoms with Crippen LogP contribution in [-0.4, -0.2) is 14.9 Å². The number of benzene rings is 1. The minimum Gasteiger partial charge on any atom is -0.483 e. The number of nitrogens with zero attached hydrogens (tertiary/aromatic N) is 2. The van der Waals surface area contributed by atoms with Gasteiger partial charge >= 0.3 is 0 Å². The second-order valence-electron chi connectivity index (χ2n) is 5.88. The van der Waals surface area contributed by atoms with Gasteiger partial charge in [-0.3, -0.25) is 14.9 Å². The molecule has 0 spiro atoms. The van der Waals surface area contributed by atoms with Gasteiger partial charge in [0.05, 0.1) is 10.3 Å². The van der Waals surface area contributed by atoms with Crippen molar-refractivity contribution in [1.82, 2.24) is 9.97 Å². The second kappa shape index (κ2) is 6.29. The largest absolute Gasteiger partial charge is 0.483 e. The number of hydrogen-bond donors (Lipinski definition) is 1. The fourth-order valence-corrected chi connectivity index (χ4v) is 3.67. The van der Waals surface area contributed by atoms with Gasteiger partial charge in [0.2, 0.25) is 0 Å². The molecule has 0 saturated carbocycles. The van der Waals surface area contributed by atoms with Gasteiger partial charge in [0, 0.05) is 16.5 Å². The summed E-state index contributed by atoms with van der Waals surface area (Å²) in [6, 6.07) is 4.55. The van der Waals surface area contributed by atoms with Crippen molar-refractivity contribution in [2.45, 2.75) is 33.8 Å². The number of nitro benzene ring substituents is 1. The summed E-state index contributed by atoms with van der Waals surface area (Å²) in [6.07, 6.45) is -0.499. The molecule has 3 rings (SSSR count). The summed E-state index contributed by atoms with van der Waals surface area (Å²) in [7, 11) is 0. The molecule has 8 heteroatoms. The Morgan fingerprint density at radius 2 is 2.04 bits per heavy atom. The van der Waals surface area contributed by atoms with Crippen LogP contribution < -0.4 is 10.3 Å². The van der Waals surface area contributed by atoms with E-state index in [0.717, 1.165) is 10.4 Å². The molecule has 25 heavy (non-hydrogen) atoms. The number of fused-ring (bicyclic) bond motifs is 1. The Kier molecular flexibility index (Phi) is 4.30.